The molecule has 0 fully saturated rings. The maximum absolute atomic E-state index is 12.6. The average molecular weight is 345 g/mol. The summed E-state index contributed by atoms with van der Waals surface area (Å²) in [6.45, 7) is 3.91. The van der Waals surface area contributed by atoms with Gasteiger partial charge in [0.05, 0.1) is 29.2 Å². The van der Waals surface area contributed by atoms with E-state index < -0.39 is 0 Å². The standard InChI is InChI=1S/C22H23N3O/c1-15-22(16(2)25(24-15)20-9-4-3-5-10-20)23-21(26)14-17-11-12-18-7-6-8-19(18)13-17/h3-5,9-13H,6-8,14H2,1-2H3,(H,23,26). The van der Waals surface area contributed by atoms with E-state index in [-0.39, 0.29) is 5.91 Å². The van der Waals surface area contributed by atoms with Crippen LogP contribution in [0.4, 0.5) is 5.69 Å². The number of para-hydroxylation sites is 1. The van der Waals surface area contributed by atoms with Gasteiger partial charge in [-0.3, -0.25) is 4.79 Å². The van der Waals surface area contributed by atoms with Gasteiger partial charge in [0.1, 0.15) is 0 Å². The molecule has 1 amide bonds. The van der Waals surface area contributed by atoms with Crippen LogP contribution in [0, 0.1) is 13.8 Å². The maximum atomic E-state index is 12.6. The molecular weight excluding hydrogens is 322 g/mol. The van der Waals surface area contributed by atoms with Gasteiger partial charge >= 0.3 is 0 Å². The van der Waals surface area contributed by atoms with E-state index in [1.54, 1.807) is 0 Å². The fourth-order valence-electron chi connectivity index (χ4n) is 3.75. The first-order chi connectivity index (χ1) is 12.6. The van der Waals surface area contributed by atoms with Crippen molar-refractivity contribution in [1.29, 1.82) is 0 Å². The van der Waals surface area contributed by atoms with Gasteiger partial charge in [-0.15, -0.1) is 0 Å². The highest BCUT2D eigenvalue weighted by molar-refractivity contribution is 5.93. The van der Waals surface area contributed by atoms with Crippen molar-refractivity contribution in [2.24, 2.45) is 0 Å². The Labute approximate surface area is 153 Å². The number of fused-ring (bicyclic) bond motifs is 1. The first-order valence-electron chi connectivity index (χ1n) is 9.14. The molecule has 1 aromatic heterocycles. The highest BCUT2D eigenvalue weighted by Crippen LogP contribution is 2.25. The Hall–Kier alpha value is -2.88. The summed E-state index contributed by atoms with van der Waals surface area (Å²) < 4.78 is 1.88. The normalized spacial score (nSPS) is 12.8. The van der Waals surface area contributed by atoms with Crippen LogP contribution in [0.1, 0.15) is 34.5 Å². The van der Waals surface area contributed by atoms with Crippen LogP contribution in [0.2, 0.25) is 0 Å². The molecule has 1 aliphatic carbocycles. The number of hydrogen-bond donors (Lipinski definition) is 1. The molecule has 0 spiro atoms. The quantitative estimate of drug-likeness (QED) is 0.772. The van der Waals surface area contributed by atoms with Gasteiger partial charge < -0.3 is 5.32 Å². The molecule has 0 aliphatic heterocycles. The zero-order valence-corrected chi connectivity index (χ0v) is 15.2. The Kier molecular flexibility index (Phi) is 4.33. The molecule has 4 nitrogen and oxygen atoms in total. The number of nitrogens with one attached hydrogen (secondary N) is 1. The minimum absolute atomic E-state index is 0.00163. The van der Waals surface area contributed by atoms with E-state index in [9.17, 15) is 4.79 Å². The number of nitrogens with zero attached hydrogens (tertiary/aromatic N) is 2. The summed E-state index contributed by atoms with van der Waals surface area (Å²) in [5.74, 6) is 0.00163. The molecule has 1 heterocycles. The van der Waals surface area contributed by atoms with E-state index in [0.29, 0.717) is 6.42 Å². The lowest BCUT2D eigenvalue weighted by molar-refractivity contribution is -0.115. The first kappa shape index (κ1) is 16.6. The molecule has 1 aliphatic rings. The highest BCUT2D eigenvalue weighted by Gasteiger charge is 2.16. The maximum Gasteiger partial charge on any atom is 0.228 e. The van der Waals surface area contributed by atoms with Crippen LogP contribution in [0.25, 0.3) is 5.69 Å². The number of aryl methyl sites for hydroxylation is 3. The van der Waals surface area contributed by atoms with Crippen LogP contribution in [-0.4, -0.2) is 15.7 Å². The van der Waals surface area contributed by atoms with Crippen molar-refractivity contribution < 1.29 is 4.79 Å². The summed E-state index contributed by atoms with van der Waals surface area (Å²) >= 11 is 0. The van der Waals surface area contributed by atoms with Gasteiger partial charge in [0.2, 0.25) is 5.91 Å². The van der Waals surface area contributed by atoms with Crippen molar-refractivity contribution in [3.63, 3.8) is 0 Å². The minimum Gasteiger partial charge on any atom is -0.323 e. The van der Waals surface area contributed by atoms with Gasteiger partial charge in [-0.1, -0.05) is 36.4 Å². The Balaban J connectivity index is 1.52. The van der Waals surface area contributed by atoms with Crippen LogP contribution >= 0.6 is 0 Å². The molecule has 0 radical (unpaired) electrons. The molecule has 3 aromatic rings. The molecule has 0 saturated carbocycles. The molecule has 1 N–H and O–H groups in total. The number of carbonyl (C=O) groups excluding carboxylic acids is 1. The summed E-state index contributed by atoms with van der Waals surface area (Å²) in [5, 5.41) is 7.65. The van der Waals surface area contributed by atoms with Crippen molar-refractivity contribution in [2.75, 3.05) is 5.32 Å². The number of anilines is 1. The van der Waals surface area contributed by atoms with E-state index in [1.807, 2.05) is 48.9 Å². The van der Waals surface area contributed by atoms with Crippen molar-refractivity contribution in [3.8, 4) is 5.69 Å². The SMILES string of the molecule is Cc1nn(-c2ccccc2)c(C)c1NC(=O)Cc1ccc2c(c1)CCC2. The Morgan fingerprint density at radius 1 is 1.08 bits per heavy atom. The largest absolute Gasteiger partial charge is 0.323 e. The van der Waals surface area contributed by atoms with Gasteiger partial charge in [0, 0.05) is 0 Å². The summed E-state index contributed by atoms with van der Waals surface area (Å²) in [7, 11) is 0. The smallest absolute Gasteiger partial charge is 0.228 e. The molecule has 26 heavy (non-hydrogen) atoms. The van der Waals surface area contributed by atoms with Crippen molar-refractivity contribution in [2.45, 2.75) is 39.5 Å². The number of benzene rings is 2. The van der Waals surface area contributed by atoms with Crippen molar-refractivity contribution in [3.05, 3.63) is 76.6 Å². The van der Waals surface area contributed by atoms with E-state index in [4.69, 9.17) is 0 Å². The van der Waals surface area contributed by atoms with Crippen LogP contribution in [0.15, 0.2) is 48.5 Å². The van der Waals surface area contributed by atoms with E-state index >= 15 is 0 Å². The molecule has 0 saturated heterocycles. The molecule has 4 heteroatoms. The predicted molar refractivity (Wildman–Crippen MR) is 104 cm³/mol. The molecule has 0 atom stereocenters. The number of amides is 1. The van der Waals surface area contributed by atoms with Gasteiger partial charge in [0.15, 0.2) is 0 Å². The Morgan fingerprint density at radius 3 is 2.65 bits per heavy atom. The fourth-order valence-corrected chi connectivity index (χ4v) is 3.75. The summed E-state index contributed by atoms with van der Waals surface area (Å²) in [6, 6.07) is 16.4. The third kappa shape index (κ3) is 3.15. The number of aromatic nitrogens is 2. The highest BCUT2D eigenvalue weighted by atomic mass is 16.1. The Morgan fingerprint density at radius 2 is 1.85 bits per heavy atom. The van der Waals surface area contributed by atoms with Crippen molar-refractivity contribution in [1.82, 2.24) is 9.78 Å². The topological polar surface area (TPSA) is 46.9 Å². The molecule has 4 rings (SSSR count). The Bertz CT molecular complexity index is 957. The van der Waals surface area contributed by atoms with Crippen LogP contribution < -0.4 is 5.32 Å². The van der Waals surface area contributed by atoms with Gasteiger partial charge in [-0.25, -0.2) is 4.68 Å². The number of carbonyl (C=O) groups is 1. The second-order valence-electron chi connectivity index (χ2n) is 6.97. The fraction of sp³-hybridized carbons (Fsp3) is 0.273. The van der Waals surface area contributed by atoms with E-state index in [1.165, 1.54) is 24.0 Å². The van der Waals surface area contributed by atoms with E-state index in [0.717, 1.165) is 34.7 Å². The molecular formula is C22H23N3O. The molecule has 132 valence electrons. The second kappa shape index (κ2) is 6.79. The van der Waals surface area contributed by atoms with E-state index in [2.05, 4.69) is 28.6 Å². The third-order valence-electron chi connectivity index (χ3n) is 5.08. The molecule has 0 bridgehead atoms. The van der Waals surface area contributed by atoms with Crippen LogP contribution in [0.5, 0.6) is 0 Å². The third-order valence-corrected chi connectivity index (χ3v) is 5.08. The molecule has 2 aromatic carbocycles. The monoisotopic (exact) mass is 345 g/mol. The van der Waals surface area contributed by atoms with Gasteiger partial charge in [-0.2, -0.15) is 5.10 Å². The lowest BCUT2D eigenvalue weighted by Crippen LogP contribution is -2.15. The summed E-state index contributed by atoms with van der Waals surface area (Å²) in [4.78, 5) is 12.6. The zero-order valence-electron chi connectivity index (χ0n) is 15.2. The van der Waals surface area contributed by atoms with Gasteiger partial charge in [0.25, 0.3) is 0 Å². The van der Waals surface area contributed by atoms with Gasteiger partial charge in [-0.05, 0) is 61.9 Å². The minimum atomic E-state index is 0.00163. The lowest BCUT2D eigenvalue weighted by atomic mass is 10.0. The zero-order chi connectivity index (χ0) is 18.1. The van der Waals surface area contributed by atoms with Crippen LogP contribution in [-0.2, 0) is 24.1 Å². The number of rotatable bonds is 4. The van der Waals surface area contributed by atoms with Crippen LogP contribution in [0.3, 0.4) is 0 Å². The molecule has 0 unspecified atom stereocenters. The average Bonchev–Trinajstić information content (AvgIpc) is 3.21. The predicted octanol–water partition coefficient (Wildman–Crippen LogP) is 4.16. The number of hydrogen-bond acceptors (Lipinski definition) is 2. The van der Waals surface area contributed by atoms with Crippen molar-refractivity contribution >= 4 is 11.6 Å². The first-order valence-corrected chi connectivity index (χ1v) is 9.14. The second-order valence-corrected chi connectivity index (χ2v) is 6.97. The summed E-state index contributed by atoms with van der Waals surface area (Å²) in [6.07, 6.45) is 3.91. The lowest BCUT2D eigenvalue weighted by Gasteiger charge is -2.08. The summed E-state index contributed by atoms with van der Waals surface area (Å²) in [5.41, 5.74) is 7.48.